The molecule has 0 radical (unpaired) electrons. The Morgan fingerprint density at radius 3 is 2.00 bits per heavy atom. The van der Waals surface area contributed by atoms with Crippen molar-refractivity contribution in [2.24, 2.45) is 23.7 Å². The SMILES string of the molecule is Nc1nc(N)n(C2C3CC4CC(C3)CC2C4)n1. The molecule has 0 unspecified atom stereocenters. The van der Waals surface area contributed by atoms with Crippen molar-refractivity contribution in [1.29, 1.82) is 0 Å². The van der Waals surface area contributed by atoms with Crippen LogP contribution < -0.4 is 11.5 Å². The number of nitrogens with zero attached hydrogens (tertiary/aromatic N) is 3. The van der Waals surface area contributed by atoms with E-state index in [-0.39, 0.29) is 0 Å². The van der Waals surface area contributed by atoms with Crippen molar-refractivity contribution in [2.45, 2.75) is 38.1 Å². The Hall–Kier alpha value is -1.26. The first-order valence-corrected chi connectivity index (χ1v) is 6.68. The van der Waals surface area contributed by atoms with Crippen LogP contribution in [0, 0.1) is 23.7 Å². The van der Waals surface area contributed by atoms with Crippen LogP contribution in [-0.4, -0.2) is 14.8 Å². The molecule has 4 bridgehead atoms. The first-order valence-electron chi connectivity index (χ1n) is 6.68. The molecule has 0 saturated heterocycles. The molecule has 1 heterocycles. The maximum atomic E-state index is 5.93. The van der Waals surface area contributed by atoms with Gasteiger partial charge in [-0.2, -0.15) is 4.98 Å². The highest BCUT2D eigenvalue weighted by Gasteiger charge is 2.49. The van der Waals surface area contributed by atoms with Crippen LogP contribution in [0.1, 0.15) is 38.1 Å². The summed E-state index contributed by atoms with van der Waals surface area (Å²) < 4.78 is 1.92. The maximum absolute atomic E-state index is 5.93. The fourth-order valence-electron chi connectivity index (χ4n) is 4.87. The van der Waals surface area contributed by atoms with Crippen LogP contribution in [0.5, 0.6) is 0 Å². The molecule has 1 aromatic heterocycles. The monoisotopic (exact) mass is 233 g/mol. The number of anilines is 2. The first-order chi connectivity index (χ1) is 8.20. The fraction of sp³-hybridized carbons (Fsp3) is 0.833. The zero-order chi connectivity index (χ0) is 11.6. The lowest BCUT2D eigenvalue weighted by Crippen LogP contribution is -2.46. The van der Waals surface area contributed by atoms with Crippen molar-refractivity contribution < 1.29 is 0 Å². The molecule has 0 amide bonds. The Morgan fingerprint density at radius 2 is 1.53 bits per heavy atom. The van der Waals surface area contributed by atoms with E-state index in [9.17, 15) is 0 Å². The number of nitrogen functional groups attached to an aromatic ring is 2. The lowest BCUT2D eigenvalue weighted by Gasteiger charge is -2.54. The number of nitrogens with two attached hydrogens (primary N) is 2. The highest BCUT2D eigenvalue weighted by atomic mass is 15.4. The Balaban J connectivity index is 1.72. The standard InChI is InChI=1S/C12H19N5/c13-11-15-12(14)17(16-11)10-8-2-6-1-7(4-8)5-9(10)3-6/h6-10H,1-5H2,(H4,13,14,15,16). The van der Waals surface area contributed by atoms with Crippen molar-refractivity contribution >= 4 is 11.9 Å². The van der Waals surface area contributed by atoms with E-state index >= 15 is 0 Å². The third-order valence-corrected chi connectivity index (χ3v) is 5.13. The molecule has 4 saturated carbocycles. The molecule has 0 spiro atoms. The molecular weight excluding hydrogens is 214 g/mol. The van der Waals surface area contributed by atoms with Gasteiger partial charge in [0.1, 0.15) is 0 Å². The molecule has 0 aliphatic heterocycles. The number of hydrogen-bond acceptors (Lipinski definition) is 4. The van der Waals surface area contributed by atoms with Gasteiger partial charge in [0.15, 0.2) is 0 Å². The van der Waals surface area contributed by atoms with Gasteiger partial charge in [-0.05, 0) is 55.8 Å². The zero-order valence-corrected chi connectivity index (χ0v) is 9.92. The highest BCUT2D eigenvalue weighted by molar-refractivity contribution is 5.27. The van der Waals surface area contributed by atoms with Gasteiger partial charge in [0, 0.05) is 0 Å². The molecule has 4 aliphatic carbocycles. The van der Waals surface area contributed by atoms with E-state index in [0.717, 1.165) is 23.7 Å². The smallest absolute Gasteiger partial charge is 0.241 e. The largest absolute Gasteiger partial charge is 0.368 e. The van der Waals surface area contributed by atoms with E-state index in [1.165, 1.54) is 32.1 Å². The summed E-state index contributed by atoms with van der Waals surface area (Å²) in [6.07, 6.45) is 6.90. The van der Waals surface area contributed by atoms with Gasteiger partial charge in [0.05, 0.1) is 6.04 Å². The molecule has 5 nitrogen and oxygen atoms in total. The number of hydrogen-bond donors (Lipinski definition) is 2. The molecule has 92 valence electrons. The van der Waals surface area contributed by atoms with Crippen LogP contribution in [0.15, 0.2) is 0 Å². The Kier molecular flexibility index (Phi) is 1.80. The zero-order valence-electron chi connectivity index (χ0n) is 9.92. The van der Waals surface area contributed by atoms with Gasteiger partial charge in [0.2, 0.25) is 11.9 Å². The van der Waals surface area contributed by atoms with Gasteiger partial charge < -0.3 is 11.5 Å². The van der Waals surface area contributed by atoms with E-state index in [1.807, 2.05) is 4.68 Å². The van der Waals surface area contributed by atoms with Crippen molar-refractivity contribution in [1.82, 2.24) is 14.8 Å². The second kappa shape index (κ2) is 3.15. The summed E-state index contributed by atoms with van der Waals surface area (Å²) in [4.78, 5) is 4.05. The van der Waals surface area contributed by atoms with Crippen molar-refractivity contribution in [3.8, 4) is 0 Å². The summed E-state index contributed by atoms with van der Waals surface area (Å²) in [7, 11) is 0. The van der Waals surface area contributed by atoms with Crippen LogP contribution in [0.3, 0.4) is 0 Å². The lowest BCUT2D eigenvalue weighted by molar-refractivity contribution is -0.0327. The molecule has 5 rings (SSSR count). The van der Waals surface area contributed by atoms with Crippen LogP contribution in [0.25, 0.3) is 0 Å². The topological polar surface area (TPSA) is 82.7 Å². The third kappa shape index (κ3) is 1.31. The van der Waals surface area contributed by atoms with Crippen LogP contribution >= 0.6 is 0 Å². The summed E-state index contributed by atoms with van der Waals surface area (Å²) in [5.41, 5.74) is 11.6. The molecule has 1 aromatic rings. The minimum Gasteiger partial charge on any atom is -0.368 e. The van der Waals surface area contributed by atoms with Gasteiger partial charge >= 0.3 is 0 Å². The van der Waals surface area contributed by atoms with E-state index < -0.39 is 0 Å². The van der Waals surface area contributed by atoms with Gasteiger partial charge in [-0.15, -0.1) is 5.10 Å². The molecule has 5 heteroatoms. The van der Waals surface area contributed by atoms with Crippen molar-refractivity contribution in [3.63, 3.8) is 0 Å². The van der Waals surface area contributed by atoms with Gasteiger partial charge in [-0.3, -0.25) is 0 Å². The average molecular weight is 233 g/mol. The number of rotatable bonds is 1. The molecule has 17 heavy (non-hydrogen) atoms. The molecule has 4 aliphatic rings. The Labute approximate surface area is 101 Å². The predicted octanol–water partition coefficient (Wildman–Crippen LogP) is 1.44. The fourth-order valence-corrected chi connectivity index (χ4v) is 4.87. The average Bonchev–Trinajstić information content (AvgIpc) is 2.56. The van der Waals surface area contributed by atoms with Crippen LogP contribution in [0.4, 0.5) is 11.9 Å². The molecule has 4 N–H and O–H groups in total. The Morgan fingerprint density at radius 1 is 0.941 bits per heavy atom. The minimum absolute atomic E-state index is 0.316. The summed E-state index contributed by atoms with van der Waals surface area (Å²) >= 11 is 0. The van der Waals surface area contributed by atoms with E-state index in [1.54, 1.807) is 0 Å². The molecule has 4 fully saturated rings. The van der Waals surface area contributed by atoms with Crippen molar-refractivity contribution in [2.75, 3.05) is 11.5 Å². The van der Waals surface area contributed by atoms with Crippen molar-refractivity contribution in [3.05, 3.63) is 0 Å². The molecule has 0 aromatic carbocycles. The minimum atomic E-state index is 0.316. The van der Waals surface area contributed by atoms with E-state index in [0.29, 0.717) is 17.9 Å². The van der Waals surface area contributed by atoms with Gasteiger partial charge in [-0.1, -0.05) is 0 Å². The Bertz CT molecular complexity index is 424. The summed E-state index contributed by atoms with van der Waals surface area (Å²) in [6, 6.07) is 0.465. The highest BCUT2D eigenvalue weighted by Crippen LogP contribution is 2.58. The molecule has 0 atom stereocenters. The normalized spacial score (nSPS) is 43.2. The first kappa shape index (κ1) is 9.74. The quantitative estimate of drug-likeness (QED) is 0.769. The van der Waals surface area contributed by atoms with Gasteiger partial charge in [0.25, 0.3) is 0 Å². The van der Waals surface area contributed by atoms with Gasteiger partial charge in [-0.25, -0.2) is 4.68 Å². The third-order valence-electron chi connectivity index (χ3n) is 5.13. The summed E-state index contributed by atoms with van der Waals surface area (Å²) in [5, 5.41) is 4.31. The van der Waals surface area contributed by atoms with Crippen LogP contribution in [0.2, 0.25) is 0 Å². The molecular formula is C12H19N5. The number of aromatic nitrogens is 3. The predicted molar refractivity (Wildman–Crippen MR) is 64.9 cm³/mol. The van der Waals surface area contributed by atoms with Crippen LogP contribution in [-0.2, 0) is 0 Å². The maximum Gasteiger partial charge on any atom is 0.241 e. The summed E-state index contributed by atoms with van der Waals surface area (Å²) in [6.45, 7) is 0. The lowest BCUT2D eigenvalue weighted by atomic mass is 9.54. The van der Waals surface area contributed by atoms with E-state index in [2.05, 4.69) is 10.1 Å². The van der Waals surface area contributed by atoms with E-state index in [4.69, 9.17) is 11.5 Å². The summed E-state index contributed by atoms with van der Waals surface area (Å²) in [5.74, 6) is 4.27. The second-order valence-electron chi connectivity index (χ2n) is 6.19. The second-order valence-corrected chi connectivity index (χ2v) is 6.19.